The summed E-state index contributed by atoms with van der Waals surface area (Å²) in [4.78, 5) is 3.37. The third-order valence-electron chi connectivity index (χ3n) is 4.64. The third-order valence-corrected chi connectivity index (χ3v) is 4.64. The Kier molecular flexibility index (Phi) is 3.66. The van der Waals surface area contributed by atoms with Crippen molar-refractivity contribution in [2.24, 2.45) is 0 Å². The molecule has 0 aliphatic carbocycles. The quantitative estimate of drug-likeness (QED) is 0.603. The second-order valence-electron chi connectivity index (χ2n) is 6.42. The van der Waals surface area contributed by atoms with Crippen LogP contribution in [-0.2, 0) is 6.54 Å². The molecule has 1 N–H and O–H groups in total. The summed E-state index contributed by atoms with van der Waals surface area (Å²) >= 11 is 0. The predicted octanol–water partition coefficient (Wildman–Crippen LogP) is 4.20. The highest BCUT2D eigenvalue weighted by Crippen LogP contribution is 2.32. The number of aromatic nitrogens is 3. The lowest BCUT2D eigenvalue weighted by atomic mass is 10.0. The van der Waals surface area contributed by atoms with Gasteiger partial charge in [-0.3, -0.25) is 4.68 Å². The normalized spacial score (nSPS) is 11.2. The van der Waals surface area contributed by atoms with Gasteiger partial charge < -0.3 is 9.72 Å². The van der Waals surface area contributed by atoms with E-state index in [1.165, 1.54) is 6.07 Å². The van der Waals surface area contributed by atoms with Gasteiger partial charge in [-0.25, -0.2) is 4.39 Å². The van der Waals surface area contributed by atoms with Crippen LogP contribution in [0.4, 0.5) is 4.39 Å². The number of fused-ring (bicyclic) bond motifs is 2. The Bertz CT molecular complexity index is 1200. The van der Waals surface area contributed by atoms with Crippen molar-refractivity contribution in [3.05, 3.63) is 58.7 Å². The van der Waals surface area contributed by atoms with Crippen LogP contribution in [0.15, 0.2) is 30.5 Å². The number of hydrogen-bond acceptors (Lipinski definition) is 3. The first kappa shape index (κ1) is 16.2. The van der Waals surface area contributed by atoms with Crippen LogP contribution < -0.4 is 4.74 Å². The molecule has 2 heterocycles. The summed E-state index contributed by atoms with van der Waals surface area (Å²) in [6.07, 6.45) is 1.78. The maximum absolute atomic E-state index is 14.3. The largest absolute Gasteiger partial charge is 0.496 e. The van der Waals surface area contributed by atoms with Crippen LogP contribution >= 0.6 is 0 Å². The molecule has 4 rings (SSSR count). The fourth-order valence-corrected chi connectivity index (χ4v) is 3.40. The van der Waals surface area contributed by atoms with Gasteiger partial charge >= 0.3 is 0 Å². The lowest BCUT2D eigenvalue weighted by molar-refractivity contribution is 0.408. The molecule has 0 bridgehead atoms. The Hall–Kier alpha value is -3.33. The molecule has 0 radical (unpaired) electrons. The number of halogens is 1. The molecule has 0 unspecified atom stereocenters. The standard InChI is InChI=1S/C20H17FN4O/c1-11-6-17(26-3)16(15-7-12(2)23-19(11)15)10-25-9-14-5-4-13(8-22)18(21)20(14)24-25/h4-7,9,23H,10H2,1-3H3. The monoisotopic (exact) mass is 348 g/mol. The zero-order valence-electron chi connectivity index (χ0n) is 14.7. The number of benzene rings is 2. The summed E-state index contributed by atoms with van der Waals surface area (Å²) in [5, 5.41) is 15.1. The second-order valence-corrected chi connectivity index (χ2v) is 6.42. The summed E-state index contributed by atoms with van der Waals surface area (Å²) in [7, 11) is 1.64. The van der Waals surface area contributed by atoms with Crippen molar-refractivity contribution >= 4 is 21.8 Å². The van der Waals surface area contributed by atoms with E-state index in [4.69, 9.17) is 10.00 Å². The minimum absolute atomic E-state index is 0.000633. The molecule has 2 aromatic heterocycles. The van der Waals surface area contributed by atoms with Gasteiger partial charge in [0, 0.05) is 33.7 Å². The SMILES string of the molecule is COc1cc(C)c2[nH]c(C)cc2c1Cn1cc2ccc(C#N)c(F)c2n1. The van der Waals surface area contributed by atoms with Crippen LogP contribution in [0.2, 0.25) is 0 Å². The Morgan fingerprint density at radius 1 is 1.31 bits per heavy atom. The molecule has 130 valence electrons. The molecule has 26 heavy (non-hydrogen) atoms. The highest BCUT2D eigenvalue weighted by atomic mass is 19.1. The fourth-order valence-electron chi connectivity index (χ4n) is 3.40. The number of nitriles is 1. The van der Waals surface area contributed by atoms with Gasteiger partial charge in [-0.1, -0.05) is 0 Å². The van der Waals surface area contributed by atoms with E-state index in [2.05, 4.69) is 16.1 Å². The summed E-state index contributed by atoms with van der Waals surface area (Å²) in [5.41, 5.74) is 4.41. The zero-order chi connectivity index (χ0) is 18.4. The van der Waals surface area contributed by atoms with Crippen molar-refractivity contribution < 1.29 is 9.13 Å². The van der Waals surface area contributed by atoms with E-state index in [1.54, 1.807) is 24.1 Å². The topological polar surface area (TPSA) is 66.6 Å². The summed E-state index contributed by atoms with van der Waals surface area (Å²) in [6, 6.07) is 9.11. The lowest BCUT2D eigenvalue weighted by Gasteiger charge is -2.12. The molecular formula is C20H17FN4O. The zero-order valence-corrected chi connectivity index (χ0v) is 14.7. The molecule has 0 fully saturated rings. The van der Waals surface area contributed by atoms with Crippen LogP contribution in [0.25, 0.3) is 21.8 Å². The molecule has 4 aromatic rings. The molecule has 0 amide bonds. The van der Waals surface area contributed by atoms with Crippen molar-refractivity contribution in [2.45, 2.75) is 20.4 Å². The van der Waals surface area contributed by atoms with Crippen LogP contribution in [0.1, 0.15) is 22.4 Å². The van der Waals surface area contributed by atoms with E-state index >= 15 is 0 Å². The van der Waals surface area contributed by atoms with E-state index in [-0.39, 0.29) is 11.1 Å². The smallest absolute Gasteiger partial charge is 0.169 e. The van der Waals surface area contributed by atoms with Crippen molar-refractivity contribution in [1.29, 1.82) is 5.26 Å². The molecule has 5 nitrogen and oxygen atoms in total. The van der Waals surface area contributed by atoms with E-state index in [1.807, 2.05) is 26.0 Å². The highest BCUT2D eigenvalue weighted by Gasteiger charge is 2.16. The number of ether oxygens (including phenoxy) is 1. The number of nitrogens with one attached hydrogen (secondary N) is 1. The van der Waals surface area contributed by atoms with Crippen LogP contribution in [0, 0.1) is 31.0 Å². The van der Waals surface area contributed by atoms with Gasteiger partial charge in [0.05, 0.1) is 19.2 Å². The van der Waals surface area contributed by atoms with Gasteiger partial charge in [-0.05, 0) is 43.7 Å². The molecular weight excluding hydrogens is 331 g/mol. The number of nitrogens with zero attached hydrogens (tertiary/aromatic N) is 3. The summed E-state index contributed by atoms with van der Waals surface area (Å²) in [6.45, 7) is 4.48. The van der Waals surface area contributed by atoms with Gasteiger partial charge in [0.15, 0.2) is 5.82 Å². The molecule has 0 saturated heterocycles. The minimum Gasteiger partial charge on any atom is -0.496 e. The van der Waals surface area contributed by atoms with Crippen molar-refractivity contribution in [1.82, 2.24) is 14.8 Å². The molecule has 0 atom stereocenters. The number of hydrogen-bond donors (Lipinski definition) is 1. The summed E-state index contributed by atoms with van der Waals surface area (Å²) in [5.74, 6) is 0.189. The van der Waals surface area contributed by atoms with Gasteiger partial charge in [-0.2, -0.15) is 10.4 Å². The Morgan fingerprint density at radius 3 is 2.85 bits per heavy atom. The van der Waals surface area contributed by atoms with E-state index < -0.39 is 5.82 Å². The molecule has 2 aromatic carbocycles. The van der Waals surface area contributed by atoms with E-state index in [0.717, 1.165) is 33.5 Å². The van der Waals surface area contributed by atoms with Crippen LogP contribution in [0.3, 0.4) is 0 Å². The van der Waals surface area contributed by atoms with Crippen LogP contribution in [0.5, 0.6) is 5.75 Å². The van der Waals surface area contributed by atoms with Crippen molar-refractivity contribution in [3.8, 4) is 11.8 Å². The molecule has 0 spiro atoms. The Morgan fingerprint density at radius 2 is 2.12 bits per heavy atom. The Labute approximate surface area is 149 Å². The number of rotatable bonds is 3. The van der Waals surface area contributed by atoms with Gasteiger partial charge in [-0.15, -0.1) is 0 Å². The number of methoxy groups -OCH3 is 1. The van der Waals surface area contributed by atoms with Crippen LogP contribution in [-0.4, -0.2) is 21.9 Å². The van der Waals surface area contributed by atoms with Gasteiger partial charge in [0.1, 0.15) is 17.3 Å². The van der Waals surface area contributed by atoms with Gasteiger partial charge in [0.2, 0.25) is 0 Å². The maximum Gasteiger partial charge on any atom is 0.169 e. The average molecular weight is 348 g/mol. The molecule has 0 aliphatic heterocycles. The number of aromatic amines is 1. The Balaban J connectivity index is 1.87. The average Bonchev–Trinajstić information content (AvgIpc) is 3.21. The van der Waals surface area contributed by atoms with E-state index in [9.17, 15) is 4.39 Å². The lowest BCUT2D eigenvalue weighted by Crippen LogP contribution is -2.03. The first-order chi connectivity index (χ1) is 12.5. The first-order valence-corrected chi connectivity index (χ1v) is 8.23. The molecule has 0 saturated carbocycles. The van der Waals surface area contributed by atoms with Crippen molar-refractivity contribution in [2.75, 3.05) is 7.11 Å². The number of aryl methyl sites for hydroxylation is 2. The maximum atomic E-state index is 14.3. The molecule has 6 heteroatoms. The van der Waals surface area contributed by atoms with Crippen molar-refractivity contribution in [3.63, 3.8) is 0 Å². The first-order valence-electron chi connectivity index (χ1n) is 8.23. The second kappa shape index (κ2) is 5.88. The molecule has 0 aliphatic rings. The fraction of sp³-hybridized carbons (Fsp3) is 0.200. The van der Waals surface area contributed by atoms with E-state index in [0.29, 0.717) is 11.9 Å². The highest BCUT2D eigenvalue weighted by molar-refractivity contribution is 5.89. The predicted molar refractivity (Wildman–Crippen MR) is 97.8 cm³/mol. The minimum atomic E-state index is -0.581. The summed E-state index contributed by atoms with van der Waals surface area (Å²) < 4.78 is 21.6. The van der Waals surface area contributed by atoms with Gasteiger partial charge in [0.25, 0.3) is 0 Å². The number of H-pyrrole nitrogens is 1. The third kappa shape index (κ3) is 2.40.